The molecule has 0 aliphatic heterocycles. The van der Waals surface area contributed by atoms with E-state index in [0.29, 0.717) is 6.61 Å². The number of aliphatic carboxylic acids is 1. The Morgan fingerprint density at radius 3 is 1.81 bits per heavy atom. The van der Waals surface area contributed by atoms with Crippen molar-refractivity contribution in [3.8, 4) is 0 Å². The van der Waals surface area contributed by atoms with Crippen LogP contribution in [-0.2, 0) is 14.3 Å². The third kappa shape index (κ3) is 16.7. The summed E-state index contributed by atoms with van der Waals surface area (Å²) in [5, 5.41) is 8.49. The molecule has 0 spiro atoms. The van der Waals surface area contributed by atoms with Crippen molar-refractivity contribution < 1.29 is 24.2 Å². The number of hydrogen-bond donors (Lipinski definition) is 1. The van der Waals surface area contributed by atoms with E-state index in [2.05, 4.69) is 0 Å². The van der Waals surface area contributed by atoms with Crippen LogP contribution < -0.4 is 0 Å². The number of hydrogen-bond acceptors (Lipinski definition) is 4. The second-order valence-corrected chi connectivity index (χ2v) is 6.29. The molecule has 0 aliphatic carbocycles. The van der Waals surface area contributed by atoms with E-state index in [9.17, 15) is 9.59 Å². The summed E-state index contributed by atoms with van der Waals surface area (Å²) in [4.78, 5) is 21.6. The van der Waals surface area contributed by atoms with Crippen LogP contribution in [-0.4, -0.2) is 29.4 Å². The predicted octanol–water partition coefficient (Wildman–Crippen LogP) is 4.53. The minimum atomic E-state index is -0.708. The van der Waals surface area contributed by atoms with Gasteiger partial charge >= 0.3 is 12.1 Å². The lowest BCUT2D eigenvalue weighted by Gasteiger charge is -2.18. The van der Waals surface area contributed by atoms with E-state index in [1.165, 1.54) is 0 Å². The van der Waals surface area contributed by atoms with Crippen LogP contribution in [0.3, 0.4) is 0 Å². The van der Waals surface area contributed by atoms with Gasteiger partial charge < -0.3 is 14.6 Å². The SMILES string of the molecule is CC(C)(C)OC(=O)OCCCCCCCCCCC(=O)O. The van der Waals surface area contributed by atoms with E-state index >= 15 is 0 Å². The van der Waals surface area contributed by atoms with Crippen molar-refractivity contribution in [2.24, 2.45) is 0 Å². The molecule has 0 rings (SSSR count). The van der Waals surface area contributed by atoms with Gasteiger partial charge in [-0.15, -0.1) is 0 Å². The van der Waals surface area contributed by atoms with E-state index in [1.807, 2.05) is 20.8 Å². The molecule has 0 atom stereocenters. The number of unbranched alkanes of at least 4 members (excludes halogenated alkanes) is 7. The summed E-state index contributed by atoms with van der Waals surface area (Å²) in [6, 6.07) is 0. The fraction of sp³-hybridized carbons (Fsp3) is 0.875. The van der Waals surface area contributed by atoms with Crippen LogP contribution in [0.5, 0.6) is 0 Å². The molecule has 0 bridgehead atoms. The third-order valence-corrected chi connectivity index (χ3v) is 2.89. The number of ether oxygens (including phenoxy) is 2. The Morgan fingerprint density at radius 2 is 1.33 bits per heavy atom. The van der Waals surface area contributed by atoms with Crippen molar-refractivity contribution in [2.75, 3.05) is 6.61 Å². The Bertz CT molecular complexity index is 294. The van der Waals surface area contributed by atoms with E-state index < -0.39 is 17.7 Å². The molecule has 0 saturated carbocycles. The Balaban J connectivity index is 3.22. The third-order valence-electron chi connectivity index (χ3n) is 2.89. The molecule has 0 heterocycles. The van der Waals surface area contributed by atoms with Crippen LogP contribution in [0.4, 0.5) is 4.79 Å². The zero-order chi connectivity index (χ0) is 16.1. The molecule has 1 N–H and O–H groups in total. The average Bonchev–Trinajstić information content (AvgIpc) is 2.33. The smallest absolute Gasteiger partial charge is 0.481 e. The highest BCUT2D eigenvalue weighted by Crippen LogP contribution is 2.11. The highest BCUT2D eigenvalue weighted by atomic mass is 16.7. The molecule has 0 radical (unpaired) electrons. The molecule has 0 unspecified atom stereocenters. The van der Waals surface area contributed by atoms with Gasteiger partial charge in [-0.1, -0.05) is 38.5 Å². The first-order valence-corrected chi connectivity index (χ1v) is 7.89. The molecule has 0 aromatic rings. The highest BCUT2D eigenvalue weighted by molar-refractivity contribution is 5.66. The lowest BCUT2D eigenvalue weighted by atomic mass is 10.1. The number of rotatable bonds is 11. The summed E-state index contributed by atoms with van der Waals surface area (Å²) in [6.45, 7) is 5.84. The molecule has 0 aliphatic rings. The summed E-state index contributed by atoms with van der Waals surface area (Å²) in [6.07, 6.45) is 7.87. The first kappa shape index (κ1) is 19.7. The number of carbonyl (C=O) groups excluding carboxylic acids is 1. The van der Waals surface area contributed by atoms with Gasteiger partial charge in [0.25, 0.3) is 0 Å². The van der Waals surface area contributed by atoms with E-state index in [1.54, 1.807) is 0 Å². The summed E-state index contributed by atoms with van der Waals surface area (Å²) in [7, 11) is 0. The van der Waals surface area contributed by atoms with Crippen molar-refractivity contribution in [1.29, 1.82) is 0 Å². The maximum absolute atomic E-state index is 11.3. The van der Waals surface area contributed by atoms with Crippen LogP contribution in [0.2, 0.25) is 0 Å². The van der Waals surface area contributed by atoms with Gasteiger partial charge in [-0.2, -0.15) is 0 Å². The maximum atomic E-state index is 11.3. The molecular weight excluding hydrogens is 272 g/mol. The van der Waals surface area contributed by atoms with E-state index in [-0.39, 0.29) is 6.42 Å². The molecule has 0 fully saturated rings. The second-order valence-electron chi connectivity index (χ2n) is 6.29. The standard InChI is InChI=1S/C16H30O5/c1-16(2,3)21-15(19)20-13-11-9-7-5-4-6-8-10-12-14(17)18/h4-13H2,1-3H3,(H,17,18). The predicted molar refractivity (Wildman–Crippen MR) is 81.4 cm³/mol. The quantitative estimate of drug-likeness (QED) is 0.448. The summed E-state index contributed by atoms with van der Waals surface area (Å²) in [5.74, 6) is -0.708. The monoisotopic (exact) mass is 302 g/mol. The van der Waals surface area contributed by atoms with Crippen LogP contribution in [0.25, 0.3) is 0 Å². The van der Waals surface area contributed by atoms with Gasteiger partial charge in [0.1, 0.15) is 5.60 Å². The lowest BCUT2D eigenvalue weighted by Crippen LogP contribution is -2.24. The molecule has 0 saturated heterocycles. The van der Waals surface area contributed by atoms with Crippen LogP contribution in [0, 0.1) is 0 Å². The summed E-state index contributed by atoms with van der Waals surface area (Å²) in [5.41, 5.74) is -0.502. The van der Waals surface area contributed by atoms with Crippen molar-refractivity contribution in [1.82, 2.24) is 0 Å². The molecule has 0 amide bonds. The van der Waals surface area contributed by atoms with Crippen molar-refractivity contribution in [3.05, 3.63) is 0 Å². The van der Waals surface area contributed by atoms with Crippen LogP contribution in [0.15, 0.2) is 0 Å². The minimum Gasteiger partial charge on any atom is -0.481 e. The lowest BCUT2D eigenvalue weighted by molar-refractivity contribution is -0.137. The topological polar surface area (TPSA) is 72.8 Å². The number of carbonyl (C=O) groups is 2. The van der Waals surface area contributed by atoms with E-state index in [4.69, 9.17) is 14.6 Å². The molecule has 0 aromatic carbocycles. The van der Waals surface area contributed by atoms with Gasteiger partial charge in [0.15, 0.2) is 0 Å². The average molecular weight is 302 g/mol. The minimum absolute atomic E-state index is 0.280. The Morgan fingerprint density at radius 1 is 0.857 bits per heavy atom. The van der Waals surface area contributed by atoms with Gasteiger partial charge in [0, 0.05) is 6.42 Å². The van der Waals surface area contributed by atoms with Gasteiger partial charge in [-0.05, 0) is 33.6 Å². The molecule has 5 nitrogen and oxygen atoms in total. The molecule has 124 valence electrons. The van der Waals surface area contributed by atoms with E-state index in [0.717, 1.165) is 51.4 Å². The van der Waals surface area contributed by atoms with Crippen molar-refractivity contribution >= 4 is 12.1 Å². The molecule has 5 heteroatoms. The van der Waals surface area contributed by atoms with Crippen molar-refractivity contribution in [2.45, 2.75) is 84.2 Å². The first-order valence-electron chi connectivity index (χ1n) is 7.89. The van der Waals surface area contributed by atoms with Crippen LogP contribution >= 0.6 is 0 Å². The Hall–Kier alpha value is -1.26. The Labute approximate surface area is 128 Å². The Kier molecular flexibility index (Phi) is 10.7. The normalized spacial score (nSPS) is 11.2. The number of carboxylic acids is 1. The van der Waals surface area contributed by atoms with Crippen molar-refractivity contribution in [3.63, 3.8) is 0 Å². The molecule has 21 heavy (non-hydrogen) atoms. The van der Waals surface area contributed by atoms with Gasteiger partial charge in [-0.25, -0.2) is 4.79 Å². The van der Waals surface area contributed by atoms with Crippen LogP contribution in [0.1, 0.15) is 78.6 Å². The molecular formula is C16H30O5. The maximum Gasteiger partial charge on any atom is 0.508 e. The largest absolute Gasteiger partial charge is 0.508 e. The van der Waals surface area contributed by atoms with Gasteiger partial charge in [0.05, 0.1) is 6.61 Å². The zero-order valence-corrected chi connectivity index (χ0v) is 13.7. The summed E-state index contributed by atoms with van der Waals surface area (Å²) >= 11 is 0. The fourth-order valence-electron chi connectivity index (χ4n) is 1.87. The number of carboxylic acid groups (broad SMARTS) is 1. The second kappa shape index (κ2) is 11.4. The summed E-state index contributed by atoms with van der Waals surface area (Å²) < 4.78 is 10.0. The van der Waals surface area contributed by atoms with Gasteiger partial charge in [0.2, 0.25) is 0 Å². The fourth-order valence-corrected chi connectivity index (χ4v) is 1.87. The zero-order valence-electron chi connectivity index (χ0n) is 13.7. The molecule has 0 aromatic heterocycles. The highest BCUT2D eigenvalue weighted by Gasteiger charge is 2.16. The van der Waals surface area contributed by atoms with Gasteiger partial charge in [-0.3, -0.25) is 4.79 Å². The first-order chi connectivity index (χ1) is 9.81.